The van der Waals surface area contributed by atoms with Gasteiger partial charge in [-0.2, -0.15) is 5.10 Å². The average Bonchev–Trinajstić information content (AvgIpc) is 3.21. The summed E-state index contributed by atoms with van der Waals surface area (Å²) in [6.07, 6.45) is 5.56. The van der Waals surface area contributed by atoms with Gasteiger partial charge in [0.2, 0.25) is 0 Å². The number of pyridine rings is 1. The van der Waals surface area contributed by atoms with Crippen molar-refractivity contribution >= 4 is 40.6 Å². The highest BCUT2D eigenvalue weighted by molar-refractivity contribution is 6.24. The molecule has 1 aromatic carbocycles. The second-order valence-corrected chi connectivity index (χ2v) is 6.07. The van der Waals surface area contributed by atoms with Crippen molar-refractivity contribution < 1.29 is 44.4 Å². The van der Waals surface area contributed by atoms with Gasteiger partial charge in [0.25, 0.3) is 0 Å². The molecule has 0 spiro atoms. The Morgan fingerprint density at radius 1 is 0.758 bits per heavy atom. The van der Waals surface area contributed by atoms with Crippen LogP contribution in [-0.2, 0) is 19.2 Å². The largest absolute Gasteiger partial charge is 0.478 e. The summed E-state index contributed by atoms with van der Waals surface area (Å²) in [5.74, 6) is -4.98. The summed E-state index contributed by atoms with van der Waals surface area (Å²) in [4.78, 5) is 54.6. The molecule has 0 saturated carbocycles. The number of nitrogens with one attached hydrogen (secondary N) is 1. The molecule has 0 bridgehead atoms. The Hall–Kier alpha value is -5.13. The number of benzene rings is 1. The van der Waals surface area contributed by atoms with E-state index in [1.807, 2.05) is 18.2 Å². The lowest BCUT2D eigenvalue weighted by Crippen LogP contribution is -2.09. The molecule has 0 radical (unpaired) electrons. The summed E-state index contributed by atoms with van der Waals surface area (Å²) in [6, 6.07) is 7.37. The number of ketones is 1. The van der Waals surface area contributed by atoms with E-state index in [1.165, 1.54) is 0 Å². The highest BCUT2D eigenvalue weighted by Gasteiger charge is 2.26. The molecule has 1 aliphatic carbocycles. The highest BCUT2D eigenvalue weighted by Crippen LogP contribution is 2.36. The molecule has 0 fully saturated rings. The first-order valence-corrected chi connectivity index (χ1v) is 8.85. The van der Waals surface area contributed by atoms with Crippen molar-refractivity contribution in [2.45, 2.75) is 0 Å². The van der Waals surface area contributed by atoms with Crippen LogP contribution in [0.2, 0.25) is 0 Å². The number of carbonyl (C=O) groups is 5. The molecule has 5 N–H and O–H groups in total. The predicted molar refractivity (Wildman–Crippen MR) is 112 cm³/mol. The Morgan fingerprint density at radius 3 is 1.82 bits per heavy atom. The van der Waals surface area contributed by atoms with Crippen molar-refractivity contribution in [2.75, 3.05) is 0 Å². The molecule has 0 aliphatic heterocycles. The summed E-state index contributed by atoms with van der Waals surface area (Å²) in [7, 11) is 0. The fourth-order valence-corrected chi connectivity index (χ4v) is 2.67. The zero-order valence-electron chi connectivity index (χ0n) is 16.5. The minimum atomic E-state index is -1.26. The molecule has 0 unspecified atom stereocenters. The maximum atomic E-state index is 12.3. The van der Waals surface area contributed by atoms with E-state index in [1.54, 1.807) is 18.5 Å². The Balaban J connectivity index is 0.000000205. The van der Waals surface area contributed by atoms with E-state index < -0.39 is 23.9 Å². The van der Waals surface area contributed by atoms with Crippen LogP contribution in [0.3, 0.4) is 0 Å². The summed E-state index contributed by atoms with van der Waals surface area (Å²) in [5, 5.41) is 39.4. The molecule has 33 heavy (non-hydrogen) atoms. The summed E-state index contributed by atoms with van der Waals surface area (Å²) < 4.78 is 0. The number of nitrogens with zero attached hydrogens (tertiary/aromatic N) is 2. The number of rotatable bonds is 4. The number of H-pyrrole nitrogens is 1. The number of carboxylic acid groups (broad SMARTS) is 4. The molecule has 168 valence electrons. The van der Waals surface area contributed by atoms with Crippen LogP contribution in [0.4, 0.5) is 0 Å². The number of hydrogen-bond donors (Lipinski definition) is 5. The third kappa shape index (κ3) is 6.42. The lowest BCUT2D eigenvalue weighted by atomic mass is 9.89. The second kappa shape index (κ2) is 10.8. The van der Waals surface area contributed by atoms with Gasteiger partial charge in [-0.05, 0) is 12.1 Å². The molecule has 0 saturated heterocycles. The Morgan fingerprint density at radius 2 is 1.30 bits per heavy atom. The quantitative estimate of drug-likeness (QED) is 0.280. The van der Waals surface area contributed by atoms with Crippen molar-refractivity contribution in [3.05, 3.63) is 72.1 Å². The van der Waals surface area contributed by atoms with Crippen LogP contribution in [0.5, 0.6) is 0 Å². The number of aliphatic carboxylic acids is 4. The van der Waals surface area contributed by atoms with Gasteiger partial charge in [-0.15, -0.1) is 0 Å². The fourth-order valence-electron chi connectivity index (χ4n) is 2.67. The number of aromatic amines is 1. The molecule has 12 heteroatoms. The first-order valence-electron chi connectivity index (χ1n) is 8.85. The van der Waals surface area contributed by atoms with Crippen LogP contribution >= 0.6 is 0 Å². The zero-order chi connectivity index (χ0) is 24.5. The van der Waals surface area contributed by atoms with Crippen LogP contribution < -0.4 is 0 Å². The summed E-state index contributed by atoms with van der Waals surface area (Å²) >= 11 is 0. The van der Waals surface area contributed by atoms with Crippen LogP contribution in [0.15, 0.2) is 61.0 Å². The number of carboxylic acids is 4. The topological polar surface area (TPSA) is 208 Å². The van der Waals surface area contributed by atoms with Crippen LogP contribution in [-0.4, -0.2) is 65.3 Å². The SMILES string of the molecule is O=C(O)/C=C\C(=O)O.O=C(O)/C=C\C(=O)O.O=C1c2ccncc2-c2n[nH]c3cccc1c23. The van der Waals surface area contributed by atoms with Crippen molar-refractivity contribution in [1.29, 1.82) is 0 Å². The van der Waals surface area contributed by atoms with Crippen LogP contribution in [0.1, 0.15) is 15.9 Å². The standard InChI is InChI=1S/C13H7N3O.2C4H4O4/c17-13-7-4-5-14-6-9(7)12-11-8(13)2-1-3-10(11)15-16-12;2*5-3(6)1-2-4(7)8/h1-6H,(H,15,16);2*1-2H,(H,5,6)(H,7,8)/b;2*2-1-. The minimum Gasteiger partial charge on any atom is -0.478 e. The molecule has 4 rings (SSSR count). The summed E-state index contributed by atoms with van der Waals surface area (Å²) in [6.45, 7) is 0. The Labute approximate surface area is 184 Å². The van der Waals surface area contributed by atoms with Gasteiger partial charge < -0.3 is 20.4 Å². The van der Waals surface area contributed by atoms with E-state index >= 15 is 0 Å². The molecular formula is C21H15N3O9. The Kier molecular flexibility index (Phi) is 7.88. The second-order valence-electron chi connectivity index (χ2n) is 6.07. The van der Waals surface area contributed by atoms with E-state index in [2.05, 4.69) is 15.2 Å². The molecule has 2 heterocycles. The molecule has 2 aromatic heterocycles. The maximum absolute atomic E-state index is 12.3. The smallest absolute Gasteiger partial charge is 0.328 e. The van der Waals surface area contributed by atoms with Gasteiger partial charge >= 0.3 is 23.9 Å². The number of aromatic nitrogens is 3. The van der Waals surface area contributed by atoms with E-state index in [0.717, 1.165) is 22.2 Å². The fraction of sp³-hybridized carbons (Fsp3) is 0. The third-order valence-corrected chi connectivity index (χ3v) is 3.89. The van der Waals surface area contributed by atoms with Gasteiger partial charge in [0.1, 0.15) is 5.69 Å². The van der Waals surface area contributed by atoms with E-state index in [4.69, 9.17) is 20.4 Å². The van der Waals surface area contributed by atoms with Crippen LogP contribution in [0, 0.1) is 0 Å². The Bertz CT molecular complexity index is 1240. The molecule has 12 nitrogen and oxygen atoms in total. The van der Waals surface area contributed by atoms with Gasteiger partial charge in [0.15, 0.2) is 5.78 Å². The highest BCUT2D eigenvalue weighted by atomic mass is 16.4. The van der Waals surface area contributed by atoms with Gasteiger partial charge in [-0.1, -0.05) is 12.1 Å². The summed E-state index contributed by atoms with van der Waals surface area (Å²) in [5.41, 5.74) is 3.90. The lowest BCUT2D eigenvalue weighted by molar-refractivity contribution is -0.134. The zero-order valence-corrected chi connectivity index (χ0v) is 16.5. The van der Waals surface area contributed by atoms with Gasteiger partial charge in [0.05, 0.1) is 5.52 Å². The average molecular weight is 453 g/mol. The van der Waals surface area contributed by atoms with E-state index in [9.17, 15) is 24.0 Å². The van der Waals surface area contributed by atoms with Crippen molar-refractivity contribution in [3.63, 3.8) is 0 Å². The molecule has 0 atom stereocenters. The van der Waals surface area contributed by atoms with E-state index in [-0.39, 0.29) is 5.78 Å². The molecule has 1 aliphatic rings. The normalized spacial score (nSPS) is 11.2. The first kappa shape index (κ1) is 24.1. The number of hydrogen-bond acceptors (Lipinski definition) is 7. The number of carbonyl (C=O) groups excluding carboxylic acids is 1. The van der Waals surface area contributed by atoms with Crippen LogP contribution in [0.25, 0.3) is 22.2 Å². The van der Waals surface area contributed by atoms with Gasteiger partial charge in [-0.25, -0.2) is 19.2 Å². The maximum Gasteiger partial charge on any atom is 0.328 e. The van der Waals surface area contributed by atoms with Crippen molar-refractivity contribution in [3.8, 4) is 11.3 Å². The monoisotopic (exact) mass is 453 g/mol. The van der Waals surface area contributed by atoms with Crippen molar-refractivity contribution in [2.24, 2.45) is 0 Å². The van der Waals surface area contributed by atoms with Crippen molar-refractivity contribution in [1.82, 2.24) is 15.2 Å². The number of fused-ring (bicyclic) bond motifs is 2. The third-order valence-electron chi connectivity index (χ3n) is 3.89. The molecule has 0 amide bonds. The molecule has 3 aromatic rings. The first-order chi connectivity index (χ1) is 15.6. The van der Waals surface area contributed by atoms with Gasteiger partial charge in [-0.3, -0.25) is 14.9 Å². The molecular weight excluding hydrogens is 438 g/mol. The predicted octanol–water partition coefficient (Wildman–Crippen LogP) is 1.59. The van der Waals surface area contributed by atoms with E-state index in [0.29, 0.717) is 35.4 Å². The lowest BCUT2D eigenvalue weighted by Gasteiger charge is -2.13. The van der Waals surface area contributed by atoms with Gasteiger partial charge in [0, 0.05) is 58.8 Å². The minimum absolute atomic E-state index is 0.0434.